The Hall–Kier alpha value is -2.62. The number of hydrogen-bond acceptors (Lipinski definition) is 7. The molecule has 0 unspecified atom stereocenters. The molecule has 196 valence electrons. The number of nitrogens with one attached hydrogen (secondary N) is 1. The van der Waals surface area contributed by atoms with E-state index in [-0.39, 0.29) is 43.5 Å². The van der Waals surface area contributed by atoms with Crippen LogP contribution in [0.1, 0.15) is 62.0 Å². The molecule has 4 N–H and O–H groups in total. The lowest BCUT2D eigenvalue weighted by molar-refractivity contribution is -0.147. The van der Waals surface area contributed by atoms with E-state index in [1.807, 2.05) is 4.90 Å². The molecule has 2 amide bonds. The maximum Gasteiger partial charge on any atom is 0.247 e. The smallest absolute Gasteiger partial charge is 0.247 e. The van der Waals surface area contributed by atoms with Gasteiger partial charge in [0, 0.05) is 29.6 Å². The Morgan fingerprint density at radius 2 is 1.89 bits per heavy atom. The topological polar surface area (TPSA) is 129 Å². The van der Waals surface area contributed by atoms with Crippen LogP contribution in [0.4, 0.5) is 0 Å². The summed E-state index contributed by atoms with van der Waals surface area (Å²) in [5, 5.41) is 33.5. The van der Waals surface area contributed by atoms with Crippen molar-refractivity contribution >= 4 is 11.8 Å². The summed E-state index contributed by atoms with van der Waals surface area (Å²) in [7, 11) is 1.51. The summed E-state index contributed by atoms with van der Waals surface area (Å²) in [6, 6.07) is 2.78. The van der Waals surface area contributed by atoms with Gasteiger partial charge in [0.1, 0.15) is 12.2 Å². The van der Waals surface area contributed by atoms with Crippen LogP contribution in [0.15, 0.2) is 23.8 Å². The first-order valence-electron chi connectivity index (χ1n) is 13.1. The van der Waals surface area contributed by atoms with Gasteiger partial charge >= 0.3 is 0 Å². The molecule has 1 heterocycles. The summed E-state index contributed by atoms with van der Waals surface area (Å²) in [5.41, 5.74) is 1.66. The molecule has 1 aromatic carbocycles. The molecule has 0 radical (unpaired) electrons. The predicted octanol–water partition coefficient (Wildman–Crippen LogP) is 1.38. The van der Waals surface area contributed by atoms with Gasteiger partial charge in [0.25, 0.3) is 0 Å². The van der Waals surface area contributed by atoms with E-state index in [0.29, 0.717) is 28.2 Å². The highest BCUT2D eigenvalue weighted by Crippen LogP contribution is 2.52. The molecule has 2 fully saturated rings. The van der Waals surface area contributed by atoms with Gasteiger partial charge in [-0.25, -0.2) is 0 Å². The average molecular weight is 501 g/mol. The van der Waals surface area contributed by atoms with Gasteiger partial charge in [0.15, 0.2) is 11.5 Å². The number of ether oxygens (including phenoxy) is 2. The Balaban J connectivity index is 1.59. The molecular formula is C27H36N2O7. The lowest BCUT2D eigenvalue weighted by Crippen LogP contribution is -2.59. The highest BCUT2D eigenvalue weighted by molar-refractivity contribution is 5.96. The lowest BCUT2D eigenvalue weighted by atomic mass is 9.76. The van der Waals surface area contributed by atoms with Crippen molar-refractivity contribution in [1.29, 1.82) is 0 Å². The molecule has 4 aliphatic rings. The van der Waals surface area contributed by atoms with E-state index in [4.69, 9.17) is 9.47 Å². The molecule has 2 saturated carbocycles. The largest absolute Gasteiger partial charge is 0.493 e. The Morgan fingerprint density at radius 3 is 2.50 bits per heavy atom. The zero-order valence-electron chi connectivity index (χ0n) is 20.7. The summed E-state index contributed by atoms with van der Waals surface area (Å²) in [5.74, 6) is -0.106. The zero-order valence-corrected chi connectivity index (χ0v) is 20.7. The maximum atomic E-state index is 13.7. The van der Waals surface area contributed by atoms with Crippen LogP contribution in [0, 0.1) is 5.92 Å². The molecule has 0 aromatic heterocycles. The van der Waals surface area contributed by atoms with E-state index in [0.717, 1.165) is 44.9 Å². The number of hydrogen-bond donors (Lipinski definition) is 4. The Kier molecular flexibility index (Phi) is 7.23. The lowest BCUT2D eigenvalue weighted by Gasteiger charge is -2.45. The van der Waals surface area contributed by atoms with Gasteiger partial charge in [-0.15, -0.1) is 0 Å². The van der Waals surface area contributed by atoms with Crippen molar-refractivity contribution in [3.63, 3.8) is 0 Å². The van der Waals surface area contributed by atoms with E-state index in [1.54, 1.807) is 18.2 Å². The van der Waals surface area contributed by atoms with Crippen molar-refractivity contribution in [3.05, 3.63) is 34.9 Å². The van der Waals surface area contributed by atoms with Gasteiger partial charge in [0.05, 0.1) is 32.3 Å². The van der Waals surface area contributed by atoms with Gasteiger partial charge < -0.3 is 35.0 Å². The molecule has 9 heteroatoms. The minimum Gasteiger partial charge on any atom is -0.493 e. The van der Waals surface area contributed by atoms with E-state index in [1.165, 1.54) is 7.11 Å². The standard InChI is InChI=1S/C27H36N2O7/c1-35-21-12-15(14-31)11-18-22-19(26(33)28-9-10-30)13-20(23(32)25(22)36-24(18)21)29(17-7-2-3-8-17)27(34)16-5-4-6-16/h11-13,16-17,20,22-23,25,30-32H,2-10,14H2,1H3,(H,28,33)/t20-,22+,23+,25+/m1/s1. The summed E-state index contributed by atoms with van der Waals surface area (Å²) in [6.45, 7) is -0.335. The number of methoxy groups -OCH3 is 1. The fraction of sp³-hybridized carbons (Fsp3) is 0.630. The fourth-order valence-corrected chi connectivity index (χ4v) is 6.21. The first-order chi connectivity index (χ1) is 17.5. The highest BCUT2D eigenvalue weighted by atomic mass is 16.5. The molecule has 36 heavy (non-hydrogen) atoms. The van der Waals surface area contributed by atoms with Gasteiger partial charge in [-0.3, -0.25) is 9.59 Å². The van der Waals surface area contributed by atoms with E-state index in [9.17, 15) is 24.9 Å². The number of aliphatic hydroxyl groups is 3. The van der Waals surface area contributed by atoms with Crippen LogP contribution in [0.25, 0.3) is 0 Å². The van der Waals surface area contributed by atoms with Crippen molar-refractivity contribution in [3.8, 4) is 11.5 Å². The van der Waals surface area contributed by atoms with Crippen molar-refractivity contribution < 1.29 is 34.4 Å². The van der Waals surface area contributed by atoms with Crippen LogP contribution < -0.4 is 14.8 Å². The Labute approximate surface area is 211 Å². The van der Waals surface area contributed by atoms with Gasteiger partial charge in [-0.1, -0.05) is 19.3 Å². The number of amides is 2. The van der Waals surface area contributed by atoms with Gasteiger partial charge in [-0.05, 0) is 49.5 Å². The van der Waals surface area contributed by atoms with E-state index in [2.05, 4.69) is 5.32 Å². The van der Waals surface area contributed by atoms with Crippen LogP contribution in [-0.4, -0.2) is 76.6 Å². The quantitative estimate of drug-likeness (QED) is 0.425. The van der Waals surface area contributed by atoms with Crippen LogP contribution >= 0.6 is 0 Å². The number of rotatable bonds is 8. The minimum absolute atomic E-state index is 0.0200. The SMILES string of the molecule is COc1cc(CO)cc2c1O[C@@H]1[C@@H](O)[C@H](N(C(=O)C3CCC3)C3CCCC3)C=C(C(=O)NCCO)[C@H]21. The molecule has 0 saturated heterocycles. The second kappa shape index (κ2) is 10.4. The second-order valence-electron chi connectivity index (χ2n) is 10.3. The van der Waals surface area contributed by atoms with E-state index < -0.39 is 24.2 Å². The molecule has 5 rings (SSSR count). The van der Waals surface area contributed by atoms with Crippen molar-refractivity contribution in [1.82, 2.24) is 10.2 Å². The molecule has 3 aliphatic carbocycles. The Bertz CT molecular complexity index is 1030. The first kappa shape index (κ1) is 25.0. The summed E-state index contributed by atoms with van der Waals surface area (Å²) in [6.07, 6.45) is 6.45. The van der Waals surface area contributed by atoms with Gasteiger partial charge in [0.2, 0.25) is 11.8 Å². The molecule has 0 bridgehead atoms. The summed E-state index contributed by atoms with van der Waals surface area (Å²) >= 11 is 0. The third-order valence-corrected chi connectivity index (χ3v) is 8.24. The van der Waals surface area contributed by atoms with E-state index >= 15 is 0 Å². The normalized spacial score (nSPS) is 27.4. The number of aliphatic hydroxyl groups excluding tert-OH is 3. The third-order valence-electron chi connectivity index (χ3n) is 8.24. The van der Waals surface area contributed by atoms with Crippen LogP contribution in [0.3, 0.4) is 0 Å². The molecule has 1 aromatic rings. The van der Waals surface area contributed by atoms with Crippen LogP contribution in [-0.2, 0) is 16.2 Å². The molecule has 1 aliphatic heterocycles. The maximum absolute atomic E-state index is 13.7. The van der Waals surface area contributed by atoms with Crippen molar-refractivity contribution in [2.75, 3.05) is 20.3 Å². The highest BCUT2D eigenvalue weighted by Gasteiger charge is 2.53. The first-order valence-corrected chi connectivity index (χ1v) is 13.1. The molecule has 4 atom stereocenters. The van der Waals surface area contributed by atoms with Crippen LogP contribution in [0.2, 0.25) is 0 Å². The minimum atomic E-state index is -1.05. The number of nitrogens with zero attached hydrogens (tertiary/aromatic N) is 1. The number of fused-ring (bicyclic) bond motifs is 3. The van der Waals surface area contributed by atoms with Crippen molar-refractivity contribution in [2.24, 2.45) is 5.92 Å². The number of carbonyl (C=O) groups excluding carboxylic acids is 2. The second-order valence-corrected chi connectivity index (χ2v) is 10.3. The Morgan fingerprint density at radius 1 is 1.14 bits per heavy atom. The van der Waals surface area contributed by atoms with Gasteiger partial charge in [-0.2, -0.15) is 0 Å². The number of benzene rings is 1. The molecule has 9 nitrogen and oxygen atoms in total. The number of carbonyl (C=O) groups is 2. The summed E-state index contributed by atoms with van der Waals surface area (Å²) in [4.78, 5) is 28.9. The third kappa shape index (κ3) is 4.27. The summed E-state index contributed by atoms with van der Waals surface area (Å²) < 4.78 is 11.8. The van der Waals surface area contributed by atoms with Crippen LogP contribution in [0.5, 0.6) is 11.5 Å². The predicted molar refractivity (Wildman–Crippen MR) is 130 cm³/mol. The average Bonchev–Trinajstić information content (AvgIpc) is 3.51. The molecular weight excluding hydrogens is 464 g/mol. The molecule has 0 spiro atoms. The monoisotopic (exact) mass is 500 g/mol. The van der Waals surface area contributed by atoms with Crippen molar-refractivity contribution in [2.45, 2.75) is 81.8 Å². The zero-order chi connectivity index (χ0) is 25.4. The fourth-order valence-electron chi connectivity index (χ4n) is 6.21.